The maximum atomic E-state index is 12.1. The molecule has 1 aliphatic heterocycles. The van der Waals surface area contributed by atoms with Crippen molar-refractivity contribution in [1.29, 1.82) is 0 Å². The molecule has 84 valence electrons. The number of carbonyl (C=O) groups is 1. The minimum atomic E-state index is -0.176. The standard InChI is InChI=1S/C13H16N2O/c1-9-8-11(14-2)13(16)15(3)12-7-5-4-6-10(9)12/h4-7,11,14H,1,8H2,2-3H3. The van der Waals surface area contributed by atoms with E-state index in [-0.39, 0.29) is 11.9 Å². The molecule has 2 rings (SSSR count). The molecule has 1 unspecified atom stereocenters. The Balaban J connectivity index is 2.51. The molecule has 0 radical (unpaired) electrons. The van der Waals surface area contributed by atoms with Gasteiger partial charge in [-0.15, -0.1) is 0 Å². The first kappa shape index (κ1) is 10.9. The zero-order valence-electron chi connectivity index (χ0n) is 9.66. The van der Waals surface area contributed by atoms with Crippen molar-refractivity contribution in [3.05, 3.63) is 36.4 Å². The van der Waals surface area contributed by atoms with Gasteiger partial charge >= 0.3 is 0 Å². The Bertz CT molecular complexity index is 439. The van der Waals surface area contributed by atoms with Gasteiger partial charge in [0.05, 0.1) is 11.7 Å². The summed E-state index contributed by atoms with van der Waals surface area (Å²) in [5.74, 6) is 0.0913. The summed E-state index contributed by atoms with van der Waals surface area (Å²) in [6.07, 6.45) is 0.663. The molecule has 16 heavy (non-hydrogen) atoms. The molecule has 1 N–H and O–H groups in total. The molecule has 0 fully saturated rings. The number of benzene rings is 1. The van der Waals surface area contributed by atoms with Crippen LogP contribution in [0, 0.1) is 0 Å². The van der Waals surface area contributed by atoms with Crippen molar-refractivity contribution >= 4 is 17.2 Å². The molecule has 3 heteroatoms. The quantitative estimate of drug-likeness (QED) is 0.774. The average Bonchev–Trinajstić information content (AvgIpc) is 2.41. The summed E-state index contributed by atoms with van der Waals surface area (Å²) in [7, 11) is 3.61. The fraction of sp³-hybridized carbons (Fsp3) is 0.308. The molecule has 0 saturated heterocycles. The highest BCUT2D eigenvalue weighted by Crippen LogP contribution is 2.32. The van der Waals surface area contributed by atoms with Crippen LogP contribution in [0.25, 0.3) is 5.57 Å². The first-order valence-corrected chi connectivity index (χ1v) is 5.37. The Morgan fingerprint density at radius 1 is 1.44 bits per heavy atom. The number of anilines is 1. The van der Waals surface area contributed by atoms with Gasteiger partial charge in [-0.05, 0) is 25.1 Å². The molecule has 0 bridgehead atoms. The lowest BCUT2D eigenvalue weighted by molar-refractivity contribution is -0.120. The van der Waals surface area contributed by atoms with Crippen LogP contribution in [0.4, 0.5) is 5.69 Å². The first-order valence-electron chi connectivity index (χ1n) is 5.37. The second kappa shape index (κ2) is 4.10. The zero-order valence-corrected chi connectivity index (χ0v) is 9.66. The van der Waals surface area contributed by atoms with Crippen LogP contribution < -0.4 is 10.2 Å². The number of nitrogens with zero attached hydrogens (tertiary/aromatic N) is 1. The Morgan fingerprint density at radius 2 is 2.12 bits per heavy atom. The van der Waals surface area contributed by atoms with Crippen LogP contribution in [-0.2, 0) is 4.79 Å². The first-order chi connectivity index (χ1) is 7.65. The van der Waals surface area contributed by atoms with Crippen LogP contribution >= 0.6 is 0 Å². The number of amides is 1. The maximum absolute atomic E-state index is 12.1. The van der Waals surface area contributed by atoms with Crippen molar-refractivity contribution in [1.82, 2.24) is 5.32 Å². The predicted octanol–water partition coefficient (Wildman–Crippen LogP) is 1.65. The van der Waals surface area contributed by atoms with Gasteiger partial charge in [0.25, 0.3) is 0 Å². The second-order valence-electron chi connectivity index (χ2n) is 4.06. The highest BCUT2D eigenvalue weighted by Gasteiger charge is 2.28. The minimum absolute atomic E-state index is 0.0913. The van der Waals surface area contributed by atoms with Crippen molar-refractivity contribution < 1.29 is 4.79 Å². The number of hydrogen-bond donors (Lipinski definition) is 1. The Labute approximate surface area is 95.8 Å². The van der Waals surface area contributed by atoms with Crippen LogP contribution in [0.15, 0.2) is 30.8 Å². The van der Waals surface area contributed by atoms with E-state index in [4.69, 9.17) is 0 Å². The van der Waals surface area contributed by atoms with E-state index >= 15 is 0 Å². The summed E-state index contributed by atoms with van der Waals surface area (Å²) >= 11 is 0. The third-order valence-corrected chi connectivity index (χ3v) is 3.07. The van der Waals surface area contributed by atoms with Gasteiger partial charge in [-0.1, -0.05) is 24.8 Å². The molecular formula is C13H16N2O. The highest BCUT2D eigenvalue weighted by molar-refractivity contribution is 6.02. The molecule has 1 aromatic carbocycles. The van der Waals surface area contributed by atoms with Crippen molar-refractivity contribution in [3.8, 4) is 0 Å². The molecule has 0 spiro atoms. The highest BCUT2D eigenvalue weighted by atomic mass is 16.2. The van der Waals surface area contributed by atoms with Crippen LogP contribution in [0.3, 0.4) is 0 Å². The smallest absolute Gasteiger partial charge is 0.244 e. The summed E-state index contributed by atoms with van der Waals surface area (Å²) in [4.78, 5) is 13.8. The van der Waals surface area contributed by atoms with Crippen molar-refractivity contribution in [2.75, 3.05) is 19.0 Å². The number of hydrogen-bond acceptors (Lipinski definition) is 2. The molecule has 3 nitrogen and oxygen atoms in total. The van der Waals surface area contributed by atoms with E-state index < -0.39 is 0 Å². The van der Waals surface area contributed by atoms with Crippen LogP contribution in [0.2, 0.25) is 0 Å². The van der Waals surface area contributed by atoms with Crippen molar-refractivity contribution in [2.24, 2.45) is 0 Å². The molecule has 1 aromatic rings. The van der Waals surface area contributed by atoms with E-state index in [9.17, 15) is 4.79 Å². The van der Waals surface area contributed by atoms with E-state index in [0.29, 0.717) is 6.42 Å². The molecule has 0 saturated carbocycles. The third-order valence-electron chi connectivity index (χ3n) is 3.07. The lowest BCUT2D eigenvalue weighted by Crippen LogP contribution is -2.42. The molecular weight excluding hydrogens is 200 g/mol. The van der Waals surface area contributed by atoms with E-state index in [2.05, 4.69) is 11.9 Å². The Hall–Kier alpha value is -1.61. The minimum Gasteiger partial charge on any atom is -0.314 e. The van der Waals surface area contributed by atoms with Gasteiger partial charge in [-0.25, -0.2) is 0 Å². The van der Waals surface area contributed by atoms with E-state index in [1.54, 1.807) is 11.9 Å². The number of likely N-dealkylation sites (N-methyl/N-ethyl adjacent to an activating group) is 2. The predicted molar refractivity (Wildman–Crippen MR) is 66.4 cm³/mol. The molecule has 1 atom stereocenters. The topological polar surface area (TPSA) is 32.3 Å². The molecule has 1 aliphatic rings. The lowest BCUT2D eigenvalue weighted by Gasteiger charge is -2.20. The van der Waals surface area contributed by atoms with Crippen LogP contribution in [-0.4, -0.2) is 26.0 Å². The van der Waals surface area contributed by atoms with Gasteiger partial charge in [0, 0.05) is 12.6 Å². The molecule has 0 aliphatic carbocycles. The fourth-order valence-electron chi connectivity index (χ4n) is 2.09. The van der Waals surface area contributed by atoms with Crippen LogP contribution in [0.1, 0.15) is 12.0 Å². The molecule has 1 amide bonds. The summed E-state index contributed by atoms with van der Waals surface area (Å²) in [5, 5.41) is 3.04. The summed E-state index contributed by atoms with van der Waals surface area (Å²) in [6, 6.07) is 7.71. The SMILES string of the molecule is C=C1CC(NC)C(=O)N(C)c2ccccc21. The van der Waals surface area contributed by atoms with Gasteiger partial charge in [-0.3, -0.25) is 4.79 Å². The van der Waals surface area contributed by atoms with Gasteiger partial charge in [-0.2, -0.15) is 0 Å². The normalized spacial score (nSPS) is 20.6. The van der Waals surface area contributed by atoms with Crippen molar-refractivity contribution in [2.45, 2.75) is 12.5 Å². The molecule has 0 aromatic heterocycles. The van der Waals surface area contributed by atoms with Gasteiger partial charge in [0.1, 0.15) is 0 Å². The zero-order chi connectivity index (χ0) is 11.7. The molecule has 1 heterocycles. The van der Waals surface area contributed by atoms with Crippen LogP contribution in [0.5, 0.6) is 0 Å². The van der Waals surface area contributed by atoms with Crippen molar-refractivity contribution in [3.63, 3.8) is 0 Å². The number of fused-ring (bicyclic) bond motifs is 1. The monoisotopic (exact) mass is 216 g/mol. The summed E-state index contributed by atoms with van der Waals surface area (Å²) in [5.41, 5.74) is 3.01. The average molecular weight is 216 g/mol. The van der Waals surface area contributed by atoms with E-state index in [1.165, 1.54) is 0 Å². The number of para-hydroxylation sites is 1. The lowest BCUT2D eigenvalue weighted by atomic mass is 10.0. The maximum Gasteiger partial charge on any atom is 0.244 e. The van der Waals surface area contributed by atoms with Gasteiger partial charge in [0.15, 0.2) is 0 Å². The number of carbonyl (C=O) groups excluding carboxylic acids is 1. The van der Waals surface area contributed by atoms with E-state index in [1.807, 2.05) is 31.3 Å². The Morgan fingerprint density at radius 3 is 2.81 bits per heavy atom. The number of nitrogens with one attached hydrogen (secondary N) is 1. The Kier molecular flexibility index (Phi) is 2.79. The largest absolute Gasteiger partial charge is 0.314 e. The van der Waals surface area contributed by atoms with E-state index in [0.717, 1.165) is 16.8 Å². The second-order valence-corrected chi connectivity index (χ2v) is 4.06. The fourth-order valence-corrected chi connectivity index (χ4v) is 2.09. The third kappa shape index (κ3) is 1.63. The number of rotatable bonds is 1. The summed E-state index contributed by atoms with van der Waals surface area (Å²) in [6.45, 7) is 4.06. The van der Waals surface area contributed by atoms with Gasteiger partial charge in [0.2, 0.25) is 5.91 Å². The van der Waals surface area contributed by atoms with Gasteiger partial charge < -0.3 is 10.2 Å². The summed E-state index contributed by atoms with van der Waals surface area (Å²) < 4.78 is 0.